The van der Waals surface area contributed by atoms with Crippen molar-refractivity contribution in [1.82, 2.24) is 15.6 Å². The number of hydrogen-bond acceptors (Lipinski definition) is 4. The fourth-order valence-electron chi connectivity index (χ4n) is 3.65. The summed E-state index contributed by atoms with van der Waals surface area (Å²) in [5, 5.41) is 6.07. The van der Waals surface area contributed by atoms with Crippen LogP contribution in [0.4, 0.5) is 0 Å². The maximum Gasteiger partial charge on any atom is 0.289 e. The number of nitrogens with zero attached hydrogens (tertiary/aromatic N) is 1. The minimum Gasteiger partial charge on any atom is -0.435 e. The zero-order valence-corrected chi connectivity index (χ0v) is 13.2. The molecule has 0 aromatic carbocycles. The van der Waals surface area contributed by atoms with Gasteiger partial charge in [0.15, 0.2) is 5.89 Å². The molecular formula is C16H23N3O3. The molecule has 0 spiro atoms. The van der Waals surface area contributed by atoms with E-state index in [0.717, 1.165) is 38.5 Å². The Balaban J connectivity index is 1.79. The lowest BCUT2D eigenvalue weighted by Crippen LogP contribution is -2.57. The first kappa shape index (κ1) is 15.1. The number of amides is 2. The summed E-state index contributed by atoms with van der Waals surface area (Å²) in [6.45, 7) is 3.83. The Kier molecular flexibility index (Phi) is 3.93. The number of carbonyl (C=O) groups is 2. The minimum absolute atomic E-state index is 0.0214. The minimum atomic E-state index is -0.462. The number of aryl methyl sites for hydroxylation is 2. The highest BCUT2D eigenvalue weighted by Crippen LogP contribution is 2.35. The highest BCUT2D eigenvalue weighted by Gasteiger charge is 2.49. The van der Waals surface area contributed by atoms with Gasteiger partial charge in [0.05, 0.1) is 23.7 Å². The average Bonchev–Trinajstić information content (AvgIpc) is 2.98. The summed E-state index contributed by atoms with van der Waals surface area (Å²) >= 11 is 0. The summed E-state index contributed by atoms with van der Waals surface area (Å²) < 4.78 is 5.60. The lowest BCUT2D eigenvalue weighted by atomic mass is 9.78. The summed E-state index contributed by atoms with van der Waals surface area (Å²) in [7, 11) is 0. The number of carbonyl (C=O) groups excluding carboxylic acids is 2. The molecule has 1 saturated carbocycles. The van der Waals surface area contributed by atoms with Gasteiger partial charge in [-0.2, -0.15) is 0 Å². The molecule has 2 fully saturated rings. The first-order valence-corrected chi connectivity index (χ1v) is 8.12. The second kappa shape index (κ2) is 5.74. The van der Waals surface area contributed by atoms with Gasteiger partial charge in [-0.15, -0.1) is 0 Å². The van der Waals surface area contributed by atoms with Crippen LogP contribution in [0.3, 0.4) is 0 Å². The van der Waals surface area contributed by atoms with E-state index in [4.69, 9.17) is 4.42 Å². The predicted octanol–water partition coefficient (Wildman–Crippen LogP) is 1.87. The average molecular weight is 305 g/mol. The molecule has 1 saturated heterocycles. The van der Waals surface area contributed by atoms with Crippen LogP contribution in [0, 0.1) is 6.92 Å². The van der Waals surface area contributed by atoms with Gasteiger partial charge in [-0.25, -0.2) is 4.98 Å². The quantitative estimate of drug-likeness (QED) is 0.889. The van der Waals surface area contributed by atoms with Crippen molar-refractivity contribution in [1.29, 1.82) is 0 Å². The Labute approximate surface area is 130 Å². The monoisotopic (exact) mass is 305 g/mol. The molecule has 1 aromatic rings. The van der Waals surface area contributed by atoms with Gasteiger partial charge in [-0.1, -0.05) is 19.8 Å². The van der Waals surface area contributed by atoms with E-state index in [9.17, 15) is 9.59 Å². The number of aromatic nitrogens is 1. The topological polar surface area (TPSA) is 84.2 Å². The number of nitrogens with one attached hydrogen (secondary N) is 2. The van der Waals surface area contributed by atoms with Crippen molar-refractivity contribution in [2.75, 3.05) is 0 Å². The van der Waals surface area contributed by atoms with Crippen LogP contribution in [-0.2, 0) is 11.2 Å². The molecule has 6 heteroatoms. The molecule has 0 radical (unpaired) electrons. The van der Waals surface area contributed by atoms with Crippen LogP contribution in [-0.4, -0.2) is 28.4 Å². The largest absolute Gasteiger partial charge is 0.435 e. The van der Waals surface area contributed by atoms with Crippen molar-refractivity contribution in [2.45, 2.75) is 70.4 Å². The van der Waals surface area contributed by atoms with Gasteiger partial charge < -0.3 is 15.1 Å². The fourth-order valence-corrected chi connectivity index (χ4v) is 3.65. The van der Waals surface area contributed by atoms with Gasteiger partial charge in [0.2, 0.25) is 11.7 Å². The molecule has 2 N–H and O–H groups in total. The Morgan fingerprint density at radius 1 is 1.50 bits per heavy atom. The molecule has 2 aliphatic rings. The molecule has 120 valence electrons. The van der Waals surface area contributed by atoms with Crippen LogP contribution in [0.5, 0.6) is 0 Å². The zero-order valence-electron chi connectivity index (χ0n) is 13.2. The van der Waals surface area contributed by atoms with Crippen molar-refractivity contribution in [3.63, 3.8) is 0 Å². The molecule has 1 aliphatic heterocycles. The van der Waals surface area contributed by atoms with Gasteiger partial charge in [0.1, 0.15) is 0 Å². The third-order valence-electron chi connectivity index (χ3n) is 4.72. The normalized spacial score (nSPS) is 27.4. The van der Waals surface area contributed by atoms with Gasteiger partial charge in [0, 0.05) is 6.42 Å². The second-order valence-electron chi connectivity index (χ2n) is 6.43. The molecule has 3 rings (SSSR count). The van der Waals surface area contributed by atoms with Crippen LogP contribution >= 0.6 is 0 Å². The lowest BCUT2D eigenvalue weighted by Gasteiger charge is -2.38. The Hall–Kier alpha value is -1.85. The zero-order chi connectivity index (χ0) is 15.7. The molecule has 6 nitrogen and oxygen atoms in total. The second-order valence-corrected chi connectivity index (χ2v) is 6.43. The third kappa shape index (κ3) is 2.62. The maximum atomic E-state index is 12.6. The standard InChI is InChI=1S/C16H23N3O3/c1-3-6-13-17-10(2)14(22-13)15(21)19-16-8-5-4-7-11(16)18-12(20)9-16/h11H,3-9H2,1-2H3,(H,18,20)(H,19,21)/t11-,16+/m0/s1. The number of fused-ring (bicyclic) bond motifs is 1. The van der Waals surface area contributed by atoms with Gasteiger partial charge in [-0.3, -0.25) is 9.59 Å². The maximum absolute atomic E-state index is 12.6. The molecule has 2 heterocycles. The molecule has 0 bridgehead atoms. The van der Waals surface area contributed by atoms with E-state index in [2.05, 4.69) is 15.6 Å². The van der Waals surface area contributed by atoms with Gasteiger partial charge in [-0.05, 0) is 26.2 Å². The van der Waals surface area contributed by atoms with Crippen LogP contribution in [0.2, 0.25) is 0 Å². The van der Waals surface area contributed by atoms with E-state index in [-0.39, 0.29) is 23.6 Å². The first-order chi connectivity index (χ1) is 10.5. The summed E-state index contributed by atoms with van der Waals surface area (Å²) in [5.41, 5.74) is 0.151. The summed E-state index contributed by atoms with van der Waals surface area (Å²) in [5.74, 6) is 0.647. The molecular weight excluding hydrogens is 282 g/mol. The van der Waals surface area contributed by atoms with E-state index >= 15 is 0 Å². The van der Waals surface area contributed by atoms with Gasteiger partial charge in [0.25, 0.3) is 5.91 Å². The van der Waals surface area contributed by atoms with E-state index in [0.29, 0.717) is 18.0 Å². The van der Waals surface area contributed by atoms with E-state index in [1.807, 2.05) is 6.92 Å². The first-order valence-electron chi connectivity index (χ1n) is 8.12. The van der Waals surface area contributed by atoms with Crippen molar-refractivity contribution >= 4 is 11.8 Å². The highest BCUT2D eigenvalue weighted by molar-refractivity contribution is 5.94. The summed E-state index contributed by atoms with van der Waals surface area (Å²) in [4.78, 5) is 28.7. The molecule has 1 aliphatic carbocycles. The molecule has 0 unspecified atom stereocenters. The number of hydrogen-bond donors (Lipinski definition) is 2. The SMILES string of the molecule is CCCc1nc(C)c(C(=O)N[C@@]23CCCC[C@@H]2NC(=O)C3)o1. The summed E-state index contributed by atoms with van der Waals surface area (Å²) in [6.07, 6.45) is 5.87. The lowest BCUT2D eigenvalue weighted by molar-refractivity contribution is -0.119. The molecule has 22 heavy (non-hydrogen) atoms. The van der Waals surface area contributed by atoms with Gasteiger partial charge >= 0.3 is 0 Å². The van der Waals surface area contributed by atoms with E-state index in [1.165, 1.54) is 0 Å². The molecule has 2 amide bonds. The number of oxazole rings is 1. The van der Waals surface area contributed by atoms with E-state index < -0.39 is 5.54 Å². The van der Waals surface area contributed by atoms with Crippen molar-refractivity contribution in [2.24, 2.45) is 0 Å². The van der Waals surface area contributed by atoms with Crippen LogP contribution in [0.1, 0.15) is 67.6 Å². The third-order valence-corrected chi connectivity index (χ3v) is 4.72. The Morgan fingerprint density at radius 2 is 2.32 bits per heavy atom. The smallest absolute Gasteiger partial charge is 0.289 e. The van der Waals surface area contributed by atoms with Crippen LogP contribution in [0.25, 0.3) is 0 Å². The van der Waals surface area contributed by atoms with Crippen molar-refractivity contribution in [3.8, 4) is 0 Å². The van der Waals surface area contributed by atoms with E-state index in [1.54, 1.807) is 6.92 Å². The molecule has 1 aromatic heterocycles. The highest BCUT2D eigenvalue weighted by atomic mass is 16.4. The Bertz CT molecular complexity index is 595. The van der Waals surface area contributed by atoms with Crippen molar-refractivity contribution < 1.29 is 14.0 Å². The van der Waals surface area contributed by atoms with Crippen LogP contribution in [0.15, 0.2) is 4.42 Å². The van der Waals surface area contributed by atoms with Crippen LogP contribution < -0.4 is 10.6 Å². The van der Waals surface area contributed by atoms with Crippen molar-refractivity contribution in [3.05, 3.63) is 17.3 Å². The Morgan fingerprint density at radius 3 is 3.09 bits per heavy atom. The molecule has 2 atom stereocenters. The summed E-state index contributed by atoms with van der Waals surface area (Å²) in [6, 6.07) is 0.0380. The fraction of sp³-hybridized carbons (Fsp3) is 0.688. The predicted molar refractivity (Wildman–Crippen MR) is 80.4 cm³/mol. The number of rotatable bonds is 4.